The highest BCUT2D eigenvalue weighted by molar-refractivity contribution is 5.88. The Kier molecular flexibility index (Phi) is 9.09. The van der Waals surface area contributed by atoms with E-state index in [0.29, 0.717) is 53.8 Å². The summed E-state index contributed by atoms with van der Waals surface area (Å²) < 4.78 is 28.1. The van der Waals surface area contributed by atoms with Gasteiger partial charge in [-0.05, 0) is 75.8 Å². The molecule has 198 valence electrons. The topological polar surface area (TPSA) is 84.2 Å². The first kappa shape index (κ1) is 27.6. The van der Waals surface area contributed by atoms with Crippen LogP contribution in [0, 0.1) is 17.3 Å². The maximum atomic E-state index is 12.2. The van der Waals surface area contributed by atoms with Crippen molar-refractivity contribution in [3.05, 3.63) is 39.8 Å². The SMILES string of the molecule is CCOC(=O)CC[C@H]1C(=C(C)C)CC[C@H](C)[C@@]1(C)CCOc1c(OC)cc2ccc(=O)oc2c1OC. The zero-order valence-corrected chi connectivity index (χ0v) is 22.7. The molecule has 1 heterocycles. The van der Waals surface area contributed by atoms with Gasteiger partial charge >= 0.3 is 11.6 Å². The van der Waals surface area contributed by atoms with Crippen molar-refractivity contribution in [1.82, 2.24) is 0 Å². The summed E-state index contributed by atoms with van der Waals surface area (Å²) in [5.41, 5.74) is 2.58. The van der Waals surface area contributed by atoms with Gasteiger partial charge in [-0.15, -0.1) is 0 Å². The van der Waals surface area contributed by atoms with Crippen LogP contribution in [0.4, 0.5) is 0 Å². The highest BCUT2D eigenvalue weighted by Gasteiger charge is 2.44. The van der Waals surface area contributed by atoms with Gasteiger partial charge in [0.1, 0.15) is 0 Å². The van der Waals surface area contributed by atoms with Gasteiger partial charge in [0.2, 0.25) is 11.5 Å². The molecule has 1 aliphatic rings. The van der Waals surface area contributed by atoms with E-state index in [9.17, 15) is 9.59 Å². The number of carbonyl (C=O) groups is 1. The summed E-state index contributed by atoms with van der Waals surface area (Å²) in [6, 6.07) is 4.82. The molecule has 7 nitrogen and oxygen atoms in total. The maximum absolute atomic E-state index is 12.2. The van der Waals surface area contributed by atoms with E-state index in [1.54, 1.807) is 19.2 Å². The van der Waals surface area contributed by atoms with E-state index in [0.717, 1.165) is 25.7 Å². The lowest BCUT2D eigenvalue weighted by Crippen LogP contribution is -2.41. The largest absolute Gasteiger partial charge is 0.493 e. The lowest BCUT2D eigenvalue weighted by molar-refractivity contribution is -0.143. The lowest BCUT2D eigenvalue weighted by Gasteiger charge is -2.48. The van der Waals surface area contributed by atoms with Crippen LogP contribution in [0.1, 0.15) is 66.7 Å². The summed E-state index contributed by atoms with van der Waals surface area (Å²) in [6.07, 6.45) is 4.10. The smallest absolute Gasteiger partial charge is 0.336 e. The number of carbonyl (C=O) groups excluding carboxylic acids is 1. The van der Waals surface area contributed by atoms with Gasteiger partial charge in [-0.1, -0.05) is 25.0 Å². The highest BCUT2D eigenvalue weighted by Crippen LogP contribution is 2.53. The number of hydrogen-bond donors (Lipinski definition) is 0. The van der Waals surface area contributed by atoms with Crippen LogP contribution in [0.5, 0.6) is 17.2 Å². The second-order valence-electron chi connectivity index (χ2n) is 10.1. The first-order valence-corrected chi connectivity index (χ1v) is 12.8. The monoisotopic (exact) mass is 500 g/mol. The first-order valence-electron chi connectivity index (χ1n) is 12.8. The average Bonchev–Trinajstić information content (AvgIpc) is 2.84. The third-order valence-electron chi connectivity index (χ3n) is 7.87. The number of benzene rings is 1. The van der Waals surface area contributed by atoms with Gasteiger partial charge in [-0.2, -0.15) is 0 Å². The molecular formula is C29H40O7. The molecule has 2 aromatic rings. The van der Waals surface area contributed by atoms with E-state index >= 15 is 0 Å². The molecule has 1 aliphatic carbocycles. The van der Waals surface area contributed by atoms with E-state index in [2.05, 4.69) is 27.7 Å². The Morgan fingerprint density at radius 1 is 1.17 bits per heavy atom. The van der Waals surface area contributed by atoms with Crippen LogP contribution in [-0.2, 0) is 9.53 Å². The molecule has 1 fully saturated rings. The lowest BCUT2D eigenvalue weighted by atomic mass is 9.57. The summed E-state index contributed by atoms with van der Waals surface area (Å²) in [5, 5.41) is 0.691. The van der Waals surface area contributed by atoms with Gasteiger partial charge in [0.15, 0.2) is 11.3 Å². The second kappa shape index (κ2) is 11.8. The molecule has 3 rings (SSSR count). The van der Waals surface area contributed by atoms with Gasteiger partial charge in [0.05, 0.1) is 27.4 Å². The molecule has 0 saturated heterocycles. The summed E-state index contributed by atoms with van der Waals surface area (Å²) in [6.45, 7) is 11.6. The van der Waals surface area contributed by atoms with Crippen LogP contribution in [0.2, 0.25) is 0 Å². The quantitative estimate of drug-likeness (QED) is 0.215. The molecule has 0 bridgehead atoms. The Morgan fingerprint density at radius 2 is 1.92 bits per heavy atom. The van der Waals surface area contributed by atoms with Crippen molar-refractivity contribution in [3.63, 3.8) is 0 Å². The number of methoxy groups -OCH3 is 2. The minimum absolute atomic E-state index is 0.0682. The predicted molar refractivity (Wildman–Crippen MR) is 140 cm³/mol. The van der Waals surface area contributed by atoms with Gasteiger partial charge in [-0.25, -0.2) is 4.79 Å². The molecule has 0 aliphatic heterocycles. The molecule has 0 spiro atoms. The van der Waals surface area contributed by atoms with Crippen molar-refractivity contribution < 1.29 is 28.2 Å². The van der Waals surface area contributed by atoms with E-state index in [1.807, 2.05) is 6.92 Å². The van der Waals surface area contributed by atoms with E-state index < -0.39 is 5.63 Å². The summed E-state index contributed by atoms with van der Waals surface area (Å²) in [4.78, 5) is 24.1. The Morgan fingerprint density at radius 3 is 2.56 bits per heavy atom. The van der Waals surface area contributed by atoms with Crippen LogP contribution < -0.4 is 19.8 Å². The molecule has 0 N–H and O–H groups in total. The molecule has 36 heavy (non-hydrogen) atoms. The van der Waals surface area contributed by atoms with Gasteiger partial charge < -0.3 is 23.4 Å². The molecule has 0 amide bonds. The molecule has 0 radical (unpaired) electrons. The number of fused-ring (bicyclic) bond motifs is 1. The zero-order valence-electron chi connectivity index (χ0n) is 22.7. The van der Waals surface area contributed by atoms with Crippen LogP contribution in [-0.4, -0.2) is 33.4 Å². The van der Waals surface area contributed by atoms with Crippen molar-refractivity contribution in [1.29, 1.82) is 0 Å². The highest BCUT2D eigenvalue weighted by atomic mass is 16.5. The van der Waals surface area contributed by atoms with Crippen molar-refractivity contribution >= 4 is 16.9 Å². The van der Waals surface area contributed by atoms with Crippen molar-refractivity contribution in [2.75, 3.05) is 27.4 Å². The Bertz CT molecular complexity index is 1160. The minimum atomic E-state index is -0.459. The number of rotatable bonds is 10. The third kappa shape index (κ3) is 5.71. The van der Waals surface area contributed by atoms with Crippen LogP contribution in [0.3, 0.4) is 0 Å². The van der Waals surface area contributed by atoms with Crippen LogP contribution in [0.25, 0.3) is 11.0 Å². The summed E-state index contributed by atoms with van der Waals surface area (Å²) in [5.74, 6) is 1.84. The molecule has 3 atom stereocenters. The second-order valence-corrected chi connectivity index (χ2v) is 10.1. The molecule has 1 saturated carbocycles. The van der Waals surface area contributed by atoms with Crippen LogP contribution >= 0.6 is 0 Å². The number of ether oxygens (including phenoxy) is 4. The van der Waals surface area contributed by atoms with Crippen LogP contribution in [0.15, 0.2) is 38.6 Å². The number of allylic oxidation sites excluding steroid dienone is 2. The Hall–Kier alpha value is -2.96. The first-order chi connectivity index (χ1) is 17.2. The average molecular weight is 501 g/mol. The zero-order chi connectivity index (χ0) is 26.5. The molecule has 1 aromatic heterocycles. The minimum Gasteiger partial charge on any atom is -0.493 e. The normalized spacial score (nSPS) is 21.8. The number of esters is 1. The van der Waals surface area contributed by atoms with Crippen molar-refractivity contribution in [3.8, 4) is 17.2 Å². The summed E-state index contributed by atoms with van der Waals surface area (Å²) in [7, 11) is 3.09. The maximum Gasteiger partial charge on any atom is 0.336 e. The number of hydrogen-bond acceptors (Lipinski definition) is 7. The van der Waals surface area contributed by atoms with Gasteiger partial charge in [-0.3, -0.25) is 4.79 Å². The van der Waals surface area contributed by atoms with E-state index in [1.165, 1.54) is 24.3 Å². The molecule has 7 heteroatoms. The van der Waals surface area contributed by atoms with Gasteiger partial charge in [0.25, 0.3) is 0 Å². The predicted octanol–water partition coefficient (Wildman–Crippen LogP) is 6.31. The van der Waals surface area contributed by atoms with Crippen molar-refractivity contribution in [2.24, 2.45) is 17.3 Å². The summed E-state index contributed by atoms with van der Waals surface area (Å²) >= 11 is 0. The van der Waals surface area contributed by atoms with Gasteiger partial charge in [0, 0.05) is 17.9 Å². The van der Waals surface area contributed by atoms with E-state index in [-0.39, 0.29) is 17.3 Å². The van der Waals surface area contributed by atoms with E-state index in [4.69, 9.17) is 23.4 Å². The Labute approximate surface area is 213 Å². The molecule has 0 unspecified atom stereocenters. The standard InChI is InChI=1S/C29H40O7/c1-8-34-24(30)14-12-22-21(18(2)3)11-9-19(4)29(22,5)15-16-35-27-23(32-6)17-20-10-13-25(31)36-26(20)28(27)33-7/h10,13,17,19,22H,8-9,11-12,14-16H2,1-7H3/t19-,22-,29+/m0/s1. The fourth-order valence-electron chi connectivity index (χ4n) is 5.62. The molecular weight excluding hydrogens is 460 g/mol. The van der Waals surface area contributed by atoms with Crippen molar-refractivity contribution in [2.45, 2.75) is 66.7 Å². The fraction of sp³-hybridized carbons (Fsp3) is 0.586. The fourth-order valence-corrected chi connectivity index (χ4v) is 5.62. The molecule has 1 aromatic carbocycles. The Balaban J connectivity index is 1.89. The third-order valence-corrected chi connectivity index (χ3v) is 7.87.